The van der Waals surface area contributed by atoms with Gasteiger partial charge in [-0.2, -0.15) is 13.2 Å². The van der Waals surface area contributed by atoms with Crippen molar-refractivity contribution in [3.8, 4) is 11.3 Å². The number of pyridine rings is 1. The largest absolute Gasteiger partial charge is 0.417 e. The highest BCUT2D eigenvalue weighted by molar-refractivity contribution is 7.14. The number of carbonyl (C=O) groups excluding carboxylic acids is 1. The van der Waals surface area contributed by atoms with Crippen LogP contribution in [0.15, 0.2) is 34.6 Å². The Labute approximate surface area is 231 Å². The number of hydrogen-bond acceptors (Lipinski definition) is 8. The number of anilines is 3. The SMILES string of the molecule is CC1CN(c2cc(F)c(-c3csc(N4CCOCC4)n3)cc2NC(=O)c2c[nH]c(=O)cc2C(F)(F)F)CCN1C. The molecule has 1 atom stereocenters. The van der Waals surface area contributed by atoms with Crippen LogP contribution in [0.3, 0.4) is 0 Å². The number of nitrogens with one attached hydrogen (secondary N) is 2. The van der Waals surface area contributed by atoms with Gasteiger partial charge in [0.25, 0.3) is 5.91 Å². The predicted molar refractivity (Wildman–Crippen MR) is 145 cm³/mol. The Morgan fingerprint density at radius 3 is 2.60 bits per heavy atom. The second-order valence-corrected chi connectivity index (χ2v) is 10.7. The van der Waals surface area contributed by atoms with Crippen LogP contribution in [0, 0.1) is 5.82 Å². The van der Waals surface area contributed by atoms with Gasteiger partial charge in [-0.3, -0.25) is 9.59 Å². The van der Waals surface area contributed by atoms with Crippen LogP contribution in [0.25, 0.3) is 11.3 Å². The zero-order valence-corrected chi connectivity index (χ0v) is 22.7. The Morgan fingerprint density at radius 1 is 1.15 bits per heavy atom. The summed E-state index contributed by atoms with van der Waals surface area (Å²) in [6, 6.07) is 3.15. The number of rotatable bonds is 5. The number of hydrogen-bond donors (Lipinski definition) is 2. The van der Waals surface area contributed by atoms with Crippen molar-refractivity contribution in [2.24, 2.45) is 0 Å². The molecular formula is C26H28F4N6O3S. The fourth-order valence-corrected chi connectivity index (χ4v) is 5.64. The van der Waals surface area contributed by atoms with Crippen LogP contribution in [-0.2, 0) is 10.9 Å². The number of nitrogens with zero attached hydrogens (tertiary/aromatic N) is 4. The normalized spacial score (nSPS) is 18.7. The molecule has 0 bridgehead atoms. The third-order valence-corrected chi connectivity index (χ3v) is 8.06. The average Bonchev–Trinajstić information content (AvgIpc) is 3.41. The van der Waals surface area contributed by atoms with Crippen molar-refractivity contribution in [2.75, 3.05) is 68.1 Å². The Bertz CT molecular complexity index is 1450. The lowest BCUT2D eigenvalue weighted by Crippen LogP contribution is -2.50. The zero-order chi connectivity index (χ0) is 28.6. The highest BCUT2D eigenvalue weighted by atomic mass is 32.1. The first-order valence-corrected chi connectivity index (χ1v) is 13.6. The number of amides is 1. The lowest BCUT2D eigenvalue weighted by Gasteiger charge is -2.39. The second kappa shape index (κ2) is 11.2. The highest BCUT2D eigenvalue weighted by Gasteiger charge is 2.36. The summed E-state index contributed by atoms with van der Waals surface area (Å²) in [5.41, 5.74) is -2.17. The molecule has 1 aromatic carbocycles. The molecular weight excluding hydrogens is 552 g/mol. The van der Waals surface area contributed by atoms with Gasteiger partial charge in [0.05, 0.1) is 41.4 Å². The van der Waals surface area contributed by atoms with Crippen LogP contribution in [0.2, 0.25) is 0 Å². The van der Waals surface area contributed by atoms with E-state index in [0.717, 1.165) is 6.20 Å². The maximum absolute atomic E-state index is 15.6. The number of H-pyrrole nitrogens is 1. The average molecular weight is 581 g/mol. The van der Waals surface area contributed by atoms with E-state index in [4.69, 9.17) is 4.74 Å². The molecule has 2 aliphatic heterocycles. The molecule has 4 heterocycles. The van der Waals surface area contributed by atoms with Crippen molar-refractivity contribution >= 4 is 33.8 Å². The van der Waals surface area contributed by atoms with E-state index < -0.39 is 34.6 Å². The summed E-state index contributed by atoms with van der Waals surface area (Å²) in [5.74, 6) is -1.66. The molecule has 3 aromatic rings. The molecule has 40 heavy (non-hydrogen) atoms. The molecule has 1 amide bonds. The van der Waals surface area contributed by atoms with Gasteiger partial charge >= 0.3 is 6.18 Å². The summed E-state index contributed by atoms with van der Waals surface area (Å²) < 4.78 is 62.0. The van der Waals surface area contributed by atoms with Crippen LogP contribution in [-0.4, -0.2) is 79.8 Å². The van der Waals surface area contributed by atoms with Gasteiger partial charge in [-0.25, -0.2) is 9.37 Å². The number of carbonyl (C=O) groups is 1. The number of likely N-dealkylation sites (N-methyl/N-ethyl adjacent to an activating group) is 1. The van der Waals surface area contributed by atoms with E-state index in [-0.39, 0.29) is 17.3 Å². The molecule has 0 spiro atoms. The molecule has 2 saturated heterocycles. The van der Waals surface area contributed by atoms with Crippen molar-refractivity contribution < 1.29 is 27.1 Å². The van der Waals surface area contributed by atoms with Gasteiger partial charge < -0.3 is 29.7 Å². The van der Waals surface area contributed by atoms with Gasteiger partial charge in [0, 0.05) is 62.0 Å². The Hall–Kier alpha value is -3.49. The number of alkyl halides is 3. The summed E-state index contributed by atoms with van der Waals surface area (Å²) >= 11 is 1.35. The third kappa shape index (κ3) is 5.83. The van der Waals surface area contributed by atoms with Gasteiger partial charge in [0.2, 0.25) is 5.56 Å². The Kier molecular flexibility index (Phi) is 7.84. The van der Waals surface area contributed by atoms with Crippen LogP contribution in [0.1, 0.15) is 22.8 Å². The Morgan fingerprint density at radius 2 is 1.90 bits per heavy atom. The molecule has 0 saturated carbocycles. The van der Waals surface area contributed by atoms with E-state index in [1.54, 1.807) is 5.38 Å². The number of halogens is 4. The van der Waals surface area contributed by atoms with E-state index in [2.05, 4.69) is 20.2 Å². The fraction of sp³-hybridized carbons (Fsp3) is 0.423. The van der Waals surface area contributed by atoms with Crippen LogP contribution >= 0.6 is 11.3 Å². The lowest BCUT2D eigenvalue weighted by atomic mass is 10.1. The quantitative estimate of drug-likeness (QED) is 0.443. The monoisotopic (exact) mass is 580 g/mol. The van der Waals surface area contributed by atoms with E-state index in [0.29, 0.717) is 68.5 Å². The first-order chi connectivity index (χ1) is 19.0. The van der Waals surface area contributed by atoms with Gasteiger partial charge in [-0.15, -0.1) is 11.3 Å². The predicted octanol–water partition coefficient (Wildman–Crippen LogP) is 3.89. The molecule has 9 nitrogen and oxygen atoms in total. The molecule has 2 N–H and O–H groups in total. The fourth-order valence-electron chi connectivity index (χ4n) is 4.76. The molecule has 214 valence electrons. The lowest BCUT2D eigenvalue weighted by molar-refractivity contribution is -0.138. The maximum Gasteiger partial charge on any atom is 0.417 e. The molecule has 2 fully saturated rings. The van der Waals surface area contributed by atoms with E-state index in [1.165, 1.54) is 23.5 Å². The standard InChI is InChI=1S/C26H28F4N6O3S/c1-15-13-36(4-3-34(15)2)22-11-19(27)16(21-14-40-25(33-21)35-5-7-39-8-6-35)9-20(22)32-24(38)17-12-31-23(37)10-18(17)26(28,29)30/h9-12,14-15H,3-8,13H2,1-2H3,(H,31,37)(H,32,38). The molecule has 1 unspecified atom stereocenters. The molecule has 5 rings (SSSR count). The van der Waals surface area contributed by atoms with Gasteiger partial charge in [0.15, 0.2) is 5.13 Å². The molecule has 0 aliphatic carbocycles. The summed E-state index contributed by atoms with van der Waals surface area (Å²) in [6.45, 7) is 6.13. The van der Waals surface area contributed by atoms with E-state index in [9.17, 15) is 22.8 Å². The number of aromatic amines is 1. The Balaban J connectivity index is 1.54. The molecule has 14 heteroatoms. The number of piperazine rings is 1. The van der Waals surface area contributed by atoms with Crippen LogP contribution < -0.4 is 20.7 Å². The highest BCUT2D eigenvalue weighted by Crippen LogP contribution is 2.38. The number of aromatic nitrogens is 2. The van der Waals surface area contributed by atoms with Crippen LogP contribution in [0.5, 0.6) is 0 Å². The van der Waals surface area contributed by atoms with E-state index >= 15 is 4.39 Å². The molecule has 2 aliphatic rings. The van der Waals surface area contributed by atoms with Gasteiger partial charge in [-0.1, -0.05) is 0 Å². The minimum Gasteiger partial charge on any atom is -0.378 e. The summed E-state index contributed by atoms with van der Waals surface area (Å²) in [6.07, 6.45) is -4.20. The second-order valence-electron chi connectivity index (χ2n) is 9.82. The third-order valence-electron chi connectivity index (χ3n) is 7.16. The number of benzene rings is 1. The zero-order valence-electron chi connectivity index (χ0n) is 21.8. The number of morpholine rings is 1. The van der Waals surface area contributed by atoms with E-state index in [1.807, 2.05) is 23.8 Å². The summed E-state index contributed by atoms with van der Waals surface area (Å²) in [7, 11) is 1.97. The molecule has 0 radical (unpaired) electrons. The van der Waals surface area contributed by atoms with Crippen molar-refractivity contribution in [3.05, 3.63) is 57.1 Å². The van der Waals surface area contributed by atoms with Gasteiger partial charge in [-0.05, 0) is 26.1 Å². The van der Waals surface area contributed by atoms with Gasteiger partial charge in [0.1, 0.15) is 5.82 Å². The number of ether oxygens (including phenoxy) is 1. The first-order valence-electron chi connectivity index (χ1n) is 12.7. The minimum absolute atomic E-state index is 0.106. The number of thiazole rings is 1. The van der Waals surface area contributed by atoms with Crippen molar-refractivity contribution in [2.45, 2.75) is 19.1 Å². The minimum atomic E-state index is -4.93. The van der Waals surface area contributed by atoms with Crippen molar-refractivity contribution in [1.82, 2.24) is 14.9 Å². The first kappa shape index (κ1) is 28.1. The molecule has 2 aromatic heterocycles. The maximum atomic E-state index is 15.6. The van der Waals surface area contributed by atoms with Crippen molar-refractivity contribution in [3.63, 3.8) is 0 Å². The van der Waals surface area contributed by atoms with Crippen molar-refractivity contribution in [1.29, 1.82) is 0 Å². The van der Waals surface area contributed by atoms with Crippen LogP contribution in [0.4, 0.5) is 34.1 Å². The topological polar surface area (TPSA) is 93.8 Å². The smallest absolute Gasteiger partial charge is 0.378 e. The summed E-state index contributed by atoms with van der Waals surface area (Å²) in [4.78, 5) is 37.6. The summed E-state index contributed by atoms with van der Waals surface area (Å²) in [5, 5.41) is 4.96.